The van der Waals surface area contributed by atoms with Crippen LogP contribution in [0.5, 0.6) is 0 Å². The van der Waals surface area contributed by atoms with Gasteiger partial charge in [0.25, 0.3) is 5.91 Å². The number of benzene rings is 1. The summed E-state index contributed by atoms with van der Waals surface area (Å²) in [5.74, 6) is 0.430. The van der Waals surface area contributed by atoms with E-state index in [1.807, 2.05) is 17.5 Å². The lowest BCUT2D eigenvalue weighted by atomic mass is 10.1. The van der Waals surface area contributed by atoms with Crippen molar-refractivity contribution in [2.75, 3.05) is 44.7 Å². The number of anilines is 1. The summed E-state index contributed by atoms with van der Waals surface area (Å²) < 4.78 is 5.40. The first-order valence-electron chi connectivity index (χ1n) is 8.98. The standard InChI is InChI=1S/C19H22Cl2N4O2S/c20-15-2-1-14(11-16(15)21)19-24-17(12-28-19)23-18(26)13-3-6-25(7-4-13)8-10-27-9-5-22/h1-3,11-12H,4-10,22H2,(H,23,26). The van der Waals surface area contributed by atoms with Gasteiger partial charge in [0.1, 0.15) is 10.8 Å². The van der Waals surface area contributed by atoms with Gasteiger partial charge in [0.15, 0.2) is 0 Å². The summed E-state index contributed by atoms with van der Waals surface area (Å²) in [6.45, 7) is 4.17. The summed E-state index contributed by atoms with van der Waals surface area (Å²) in [5, 5.41) is 6.45. The van der Waals surface area contributed by atoms with Gasteiger partial charge in [-0.1, -0.05) is 35.3 Å². The van der Waals surface area contributed by atoms with Gasteiger partial charge in [-0.2, -0.15) is 0 Å². The number of nitrogens with one attached hydrogen (secondary N) is 1. The average molecular weight is 441 g/mol. The summed E-state index contributed by atoms with van der Waals surface area (Å²) in [6.07, 6.45) is 2.67. The molecule has 0 radical (unpaired) electrons. The summed E-state index contributed by atoms with van der Waals surface area (Å²) in [7, 11) is 0. The fourth-order valence-corrected chi connectivity index (χ4v) is 3.84. The van der Waals surface area contributed by atoms with Gasteiger partial charge in [0.05, 0.1) is 23.3 Å². The van der Waals surface area contributed by atoms with Gasteiger partial charge in [-0.05, 0) is 18.6 Å². The number of rotatable bonds is 8. The topological polar surface area (TPSA) is 80.5 Å². The third kappa shape index (κ3) is 5.76. The van der Waals surface area contributed by atoms with E-state index in [1.54, 1.807) is 12.1 Å². The second-order valence-electron chi connectivity index (χ2n) is 6.30. The van der Waals surface area contributed by atoms with Crippen LogP contribution in [-0.4, -0.2) is 55.2 Å². The number of thiazole rings is 1. The number of carbonyl (C=O) groups excluding carboxylic acids is 1. The third-order valence-electron chi connectivity index (χ3n) is 4.31. The van der Waals surface area contributed by atoms with Crippen molar-refractivity contribution >= 4 is 46.3 Å². The highest BCUT2D eigenvalue weighted by Crippen LogP contribution is 2.31. The van der Waals surface area contributed by atoms with Crippen LogP contribution in [0.25, 0.3) is 10.6 Å². The van der Waals surface area contributed by atoms with Gasteiger partial charge in [-0.3, -0.25) is 9.69 Å². The number of halogens is 2. The Balaban J connectivity index is 1.53. The molecule has 0 spiro atoms. The second-order valence-corrected chi connectivity index (χ2v) is 7.97. The highest BCUT2D eigenvalue weighted by Gasteiger charge is 2.18. The van der Waals surface area contributed by atoms with E-state index in [-0.39, 0.29) is 5.91 Å². The predicted molar refractivity (Wildman–Crippen MR) is 115 cm³/mol. The first-order chi connectivity index (χ1) is 13.6. The number of nitrogens with zero attached hydrogens (tertiary/aromatic N) is 2. The van der Waals surface area contributed by atoms with Crippen molar-refractivity contribution in [3.05, 3.63) is 45.3 Å². The molecule has 9 heteroatoms. The monoisotopic (exact) mass is 440 g/mol. The minimum absolute atomic E-state index is 0.106. The van der Waals surface area contributed by atoms with Gasteiger partial charge >= 0.3 is 0 Å². The molecular formula is C19H22Cl2N4O2S. The number of nitrogens with two attached hydrogens (primary N) is 1. The molecule has 2 aromatic rings. The van der Waals surface area contributed by atoms with E-state index in [0.717, 1.165) is 35.8 Å². The van der Waals surface area contributed by atoms with Crippen LogP contribution in [0.3, 0.4) is 0 Å². The molecule has 1 aromatic heterocycles. The number of carbonyl (C=O) groups is 1. The van der Waals surface area contributed by atoms with Gasteiger partial charge in [-0.15, -0.1) is 11.3 Å². The summed E-state index contributed by atoms with van der Waals surface area (Å²) >= 11 is 13.5. The molecule has 150 valence electrons. The molecule has 0 unspecified atom stereocenters. The van der Waals surface area contributed by atoms with E-state index in [0.29, 0.717) is 42.0 Å². The maximum absolute atomic E-state index is 12.5. The summed E-state index contributed by atoms with van der Waals surface area (Å²) in [5.41, 5.74) is 7.05. The van der Waals surface area contributed by atoms with Crippen molar-refractivity contribution < 1.29 is 9.53 Å². The van der Waals surface area contributed by atoms with Crippen molar-refractivity contribution in [1.82, 2.24) is 9.88 Å². The molecule has 0 bridgehead atoms. The summed E-state index contributed by atoms with van der Waals surface area (Å²) in [6, 6.07) is 5.36. The highest BCUT2D eigenvalue weighted by molar-refractivity contribution is 7.13. The number of amides is 1. The molecule has 1 amide bonds. The van der Waals surface area contributed by atoms with E-state index in [9.17, 15) is 4.79 Å². The number of hydrogen-bond donors (Lipinski definition) is 2. The summed E-state index contributed by atoms with van der Waals surface area (Å²) in [4.78, 5) is 19.2. The van der Waals surface area contributed by atoms with Crippen LogP contribution in [0, 0.1) is 0 Å². The average Bonchev–Trinajstić information content (AvgIpc) is 3.16. The van der Waals surface area contributed by atoms with E-state index in [2.05, 4.69) is 15.2 Å². The molecule has 3 N–H and O–H groups in total. The predicted octanol–water partition coefficient (Wildman–Crippen LogP) is 3.66. The first-order valence-corrected chi connectivity index (χ1v) is 10.6. The molecule has 1 aliphatic rings. The minimum Gasteiger partial charge on any atom is -0.379 e. The molecule has 28 heavy (non-hydrogen) atoms. The largest absolute Gasteiger partial charge is 0.379 e. The van der Waals surface area contributed by atoms with E-state index in [4.69, 9.17) is 33.7 Å². The van der Waals surface area contributed by atoms with Crippen molar-refractivity contribution in [2.24, 2.45) is 5.73 Å². The second kappa shape index (κ2) is 10.3. The van der Waals surface area contributed by atoms with Crippen LogP contribution in [0.1, 0.15) is 6.42 Å². The lowest BCUT2D eigenvalue weighted by Crippen LogP contribution is -2.34. The fourth-order valence-electron chi connectivity index (χ4n) is 2.79. The Bertz CT molecular complexity index is 856. The van der Waals surface area contributed by atoms with Crippen LogP contribution < -0.4 is 11.1 Å². The SMILES string of the molecule is NCCOCCN1CC=C(C(=O)Nc2csc(-c3ccc(Cl)c(Cl)c3)n2)CC1. The minimum atomic E-state index is -0.106. The number of hydrogen-bond acceptors (Lipinski definition) is 6. The van der Waals surface area contributed by atoms with Crippen LogP contribution in [0.15, 0.2) is 35.2 Å². The molecule has 3 rings (SSSR count). The molecule has 2 heterocycles. The number of ether oxygens (including phenoxy) is 1. The molecule has 0 saturated carbocycles. The quantitative estimate of drug-likeness (QED) is 0.612. The van der Waals surface area contributed by atoms with E-state index >= 15 is 0 Å². The van der Waals surface area contributed by atoms with E-state index in [1.165, 1.54) is 11.3 Å². The maximum Gasteiger partial charge on any atom is 0.252 e. The van der Waals surface area contributed by atoms with Crippen LogP contribution >= 0.6 is 34.5 Å². The Hall–Kier alpha value is -1.48. The Kier molecular flexibility index (Phi) is 7.84. The molecule has 0 saturated heterocycles. The van der Waals surface area contributed by atoms with Crippen LogP contribution in [-0.2, 0) is 9.53 Å². The molecule has 1 aromatic carbocycles. The molecular weight excluding hydrogens is 419 g/mol. The van der Waals surface area contributed by atoms with Gasteiger partial charge in [0, 0.05) is 42.7 Å². The van der Waals surface area contributed by atoms with Crippen molar-refractivity contribution in [1.29, 1.82) is 0 Å². The lowest BCUT2D eigenvalue weighted by molar-refractivity contribution is -0.113. The number of aromatic nitrogens is 1. The molecule has 1 aliphatic heterocycles. The van der Waals surface area contributed by atoms with E-state index < -0.39 is 0 Å². The Labute approximate surface area is 178 Å². The maximum atomic E-state index is 12.5. The van der Waals surface area contributed by atoms with Gasteiger partial charge in [-0.25, -0.2) is 4.98 Å². The van der Waals surface area contributed by atoms with Crippen molar-refractivity contribution in [3.8, 4) is 10.6 Å². The van der Waals surface area contributed by atoms with Crippen LogP contribution in [0.4, 0.5) is 5.82 Å². The Morgan fingerprint density at radius 1 is 1.32 bits per heavy atom. The Morgan fingerprint density at radius 3 is 2.89 bits per heavy atom. The zero-order valence-corrected chi connectivity index (χ0v) is 17.6. The lowest BCUT2D eigenvalue weighted by Gasteiger charge is -2.25. The van der Waals surface area contributed by atoms with Gasteiger partial charge in [0.2, 0.25) is 0 Å². The normalized spacial score (nSPS) is 14.8. The molecule has 0 fully saturated rings. The zero-order chi connectivity index (χ0) is 19.9. The highest BCUT2D eigenvalue weighted by atomic mass is 35.5. The molecule has 0 atom stereocenters. The van der Waals surface area contributed by atoms with Crippen molar-refractivity contribution in [3.63, 3.8) is 0 Å². The van der Waals surface area contributed by atoms with Gasteiger partial charge < -0.3 is 15.8 Å². The zero-order valence-electron chi connectivity index (χ0n) is 15.3. The molecule has 0 aliphatic carbocycles. The van der Waals surface area contributed by atoms with Crippen molar-refractivity contribution in [2.45, 2.75) is 6.42 Å². The molecule has 6 nitrogen and oxygen atoms in total. The first kappa shape index (κ1) is 21.2. The van der Waals surface area contributed by atoms with Crippen LogP contribution in [0.2, 0.25) is 10.0 Å². The third-order valence-corrected chi connectivity index (χ3v) is 5.94. The smallest absolute Gasteiger partial charge is 0.252 e. The fraction of sp³-hybridized carbons (Fsp3) is 0.368. The Morgan fingerprint density at radius 2 is 2.18 bits per heavy atom.